The number of carbonyl (C=O) groups is 1. The molecule has 2 aliphatic heterocycles. The van der Waals surface area contributed by atoms with E-state index < -0.39 is 0 Å². The smallest absolute Gasteiger partial charge is 0.239 e. The maximum Gasteiger partial charge on any atom is 0.239 e. The third-order valence-corrected chi connectivity index (χ3v) is 4.70. The predicted octanol–water partition coefficient (Wildman–Crippen LogP) is 0.223. The lowest BCUT2D eigenvalue weighted by molar-refractivity contribution is -0.138. The molecule has 116 valence electrons. The molecule has 0 saturated carbocycles. The van der Waals surface area contributed by atoms with Gasteiger partial charge in [-0.25, -0.2) is 0 Å². The van der Waals surface area contributed by atoms with E-state index in [0.29, 0.717) is 11.9 Å². The first-order valence-electron chi connectivity index (χ1n) is 8.07. The van der Waals surface area contributed by atoms with Gasteiger partial charge in [-0.05, 0) is 33.4 Å². The third kappa shape index (κ3) is 3.71. The Labute approximate surface area is 123 Å². The van der Waals surface area contributed by atoms with Crippen LogP contribution in [0.15, 0.2) is 0 Å². The minimum Gasteiger partial charge on any atom is -0.339 e. The fourth-order valence-corrected chi connectivity index (χ4v) is 3.43. The van der Waals surface area contributed by atoms with E-state index in [0.717, 1.165) is 58.7 Å². The summed E-state index contributed by atoms with van der Waals surface area (Å²) in [7, 11) is 2.19. The van der Waals surface area contributed by atoms with Crippen molar-refractivity contribution in [3.8, 4) is 0 Å². The van der Waals surface area contributed by atoms with Gasteiger partial charge in [0.15, 0.2) is 0 Å². The Hall–Kier alpha value is -0.650. The molecule has 2 atom stereocenters. The molecule has 5 heteroatoms. The highest BCUT2D eigenvalue weighted by atomic mass is 16.2. The molecular formula is C15H30N4O. The van der Waals surface area contributed by atoms with Gasteiger partial charge in [-0.2, -0.15) is 0 Å². The van der Waals surface area contributed by atoms with Gasteiger partial charge in [0.2, 0.25) is 5.91 Å². The molecule has 0 radical (unpaired) electrons. The zero-order valence-corrected chi connectivity index (χ0v) is 13.3. The first-order chi connectivity index (χ1) is 9.63. The molecule has 2 saturated heterocycles. The van der Waals surface area contributed by atoms with Crippen LogP contribution in [0.1, 0.15) is 26.7 Å². The number of piperazine rings is 1. The highest BCUT2D eigenvalue weighted by Crippen LogP contribution is 2.17. The summed E-state index contributed by atoms with van der Waals surface area (Å²) in [5.74, 6) is 0.314. The van der Waals surface area contributed by atoms with Crippen LogP contribution in [0.4, 0.5) is 0 Å². The first kappa shape index (κ1) is 15.7. The quantitative estimate of drug-likeness (QED) is 0.804. The molecule has 2 fully saturated rings. The Morgan fingerprint density at radius 2 is 1.95 bits per heavy atom. The molecule has 1 N–H and O–H groups in total. The third-order valence-electron chi connectivity index (χ3n) is 4.70. The lowest BCUT2D eigenvalue weighted by atomic mass is 10.1. The number of carbonyl (C=O) groups excluding carboxylic acids is 1. The molecule has 5 nitrogen and oxygen atoms in total. The van der Waals surface area contributed by atoms with E-state index >= 15 is 0 Å². The van der Waals surface area contributed by atoms with Crippen LogP contribution in [0, 0.1) is 0 Å². The standard InChI is InChI=1S/C15H30N4O/c1-4-14-12-17(3)8-5-9-19(14)13(2)15(20)18-10-6-16-7-11-18/h13-14,16H,4-12H2,1-3H3. The van der Waals surface area contributed by atoms with E-state index in [9.17, 15) is 4.79 Å². The van der Waals surface area contributed by atoms with Gasteiger partial charge in [0, 0.05) is 45.3 Å². The second-order valence-corrected chi connectivity index (χ2v) is 6.17. The minimum absolute atomic E-state index is 0.0181. The summed E-state index contributed by atoms with van der Waals surface area (Å²) in [4.78, 5) is 19.6. The Balaban J connectivity index is 2.00. The van der Waals surface area contributed by atoms with Crippen LogP contribution in [0.5, 0.6) is 0 Å². The van der Waals surface area contributed by atoms with Crippen LogP contribution in [0.2, 0.25) is 0 Å². The van der Waals surface area contributed by atoms with Gasteiger partial charge < -0.3 is 15.1 Å². The van der Waals surface area contributed by atoms with Crippen molar-refractivity contribution >= 4 is 5.91 Å². The van der Waals surface area contributed by atoms with Gasteiger partial charge in [0.25, 0.3) is 0 Å². The Kier molecular flexibility index (Phi) is 5.81. The second kappa shape index (κ2) is 7.38. The fourth-order valence-electron chi connectivity index (χ4n) is 3.43. The average molecular weight is 282 g/mol. The number of likely N-dealkylation sites (N-methyl/N-ethyl adjacent to an activating group) is 1. The van der Waals surface area contributed by atoms with E-state index in [1.165, 1.54) is 0 Å². The Bertz CT molecular complexity index is 317. The fraction of sp³-hybridized carbons (Fsp3) is 0.933. The zero-order valence-electron chi connectivity index (χ0n) is 13.3. The molecule has 0 aromatic rings. The lowest BCUT2D eigenvalue weighted by Crippen LogP contribution is -2.55. The molecule has 2 rings (SSSR count). The molecule has 2 heterocycles. The molecule has 2 aliphatic rings. The van der Waals surface area contributed by atoms with Crippen LogP contribution in [0.25, 0.3) is 0 Å². The van der Waals surface area contributed by atoms with E-state index in [1.807, 2.05) is 4.90 Å². The summed E-state index contributed by atoms with van der Waals surface area (Å²) in [6.45, 7) is 11.2. The number of rotatable bonds is 3. The molecule has 0 aromatic heterocycles. The summed E-state index contributed by atoms with van der Waals surface area (Å²) in [5.41, 5.74) is 0. The highest BCUT2D eigenvalue weighted by Gasteiger charge is 2.32. The van der Waals surface area contributed by atoms with Crippen molar-refractivity contribution in [2.75, 3.05) is 52.9 Å². The molecule has 1 amide bonds. The first-order valence-corrected chi connectivity index (χ1v) is 8.07. The van der Waals surface area contributed by atoms with Crippen LogP contribution in [0.3, 0.4) is 0 Å². The van der Waals surface area contributed by atoms with Crippen LogP contribution >= 0.6 is 0 Å². The van der Waals surface area contributed by atoms with Crippen molar-refractivity contribution in [3.05, 3.63) is 0 Å². The van der Waals surface area contributed by atoms with E-state index in [-0.39, 0.29) is 6.04 Å². The summed E-state index contributed by atoms with van der Waals surface area (Å²) in [5, 5.41) is 3.31. The van der Waals surface area contributed by atoms with Crippen molar-refractivity contribution in [3.63, 3.8) is 0 Å². The summed E-state index contributed by atoms with van der Waals surface area (Å²) in [6.07, 6.45) is 2.27. The second-order valence-electron chi connectivity index (χ2n) is 6.17. The topological polar surface area (TPSA) is 38.8 Å². The molecule has 0 aliphatic carbocycles. The average Bonchev–Trinajstić information content (AvgIpc) is 2.67. The van der Waals surface area contributed by atoms with Gasteiger partial charge in [0.05, 0.1) is 6.04 Å². The van der Waals surface area contributed by atoms with Crippen molar-refractivity contribution < 1.29 is 4.79 Å². The monoisotopic (exact) mass is 282 g/mol. The number of nitrogens with one attached hydrogen (secondary N) is 1. The van der Waals surface area contributed by atoms with Gasteiger partial charge in [0.1, 0.15) is 0 Å². The molecule has 20 heavy (non-hydrogen) atoms. The van der Waals surface area contributed by atoms with Crippen LogP contribution in [-0.4, -0.2) is 85.6 Å². The Morgan fingerprint density at radius 1 is 1.25 bits per heavy atom. The van der Waals surface area contributed by atoms with Gasteiger partial charge in [-0.3, -0.25) is 9.69 Å². The largest absolute Gasteiger partial charge is 0.339 e. The van der Waals surface area contributed by atoms with Gasteiger partial charge >= 0.3 is 0 Å². The Morgan fingerprint density at radius 3 is 2.60 bits per heavy atom. The highest BCUT2D eigenvalue weighted by molar-refractivity contribution is 5.81. The summed E-state index contributed by atoms with van der Waals surface area (Å²) >= 11 is 0. The predicted molar refractivity (Wildman–Crippen MR) is 81.8 cm³/mol. The van der Waals surface area contributed by atoms with E-state index in [2.05, 4.69) is 36.0 Å². The lowest BCUT2D eigenvalue weighted by Gasteiger charge is -2.38. The molecule has 0 bridgehead atoms. The SMILES string of the molecule is CCC1CN(C)CCCN1C(C)C(=O)N1CCNCC1. The van der Waals surface area contributed by atoms with E-state index in [4.69, 9.17) is 0 Å². The normalized spacial score (nSPS) is 28.1. The summed E-state index contributed by atoms with van der Waals surface area (Å²) in [6, 6.07) is 0.522. The maximum absolute atomic E-state index is 12.7. The van der Waals surface area contributed by atoms with Crippen LogP contribution < -0.4 is 5.32 Å². The molecule has 0 spiro atoms. The maximum atomic E-state index is 12.7. The van der Waals surface area contributed by atoms with Crippen molar-refractivity contribution in [1.29, 1.82) is 0 Å². The van der Waals surface area contributed by atoms with Crippen molar-refractivity contribution in [2.45, 2.75) is 38.8 Å². The van der Waals surface area contributed by atoms with Crippen LogP contribution in [-0.2, 0) is 4.79 Å². The molecular weight excluding hydrogens is 252 g/mol. The zero-order chi connectivity index (χ0) is 14.5. The van der Waals surface area contributed by atoms with Crippen molar-refractivity contribution in [1.82, 2.24) is 20.0 Å². The number of nitrogens with zero attached hydrogens (tertiary/aromatic N) is 3. The number of amides is 1. The van der Waals surface area contributed by atoms with Gasteiger partial charge in [-0.1, -0.05) is 6.92 Å². The summed E-state index contributed by atoms with van der Waals surface area (Å²) < 4.78 is 0. The van der Waals surface area contributed by atoms with Crippen molar-refractivity contribution in [2.24, 2.45) is 0 Å². The minimum atomic E-state index is 0.0181. The number of hydrogen-bond acceptors (Lipinski definition) is 4. The van der Waals surface area contributed by atoms with E-state index in [1.54, 1.807) is 0 Å². The van der Waals surface area contributed by atoms with Gasteiger partial charge in [-0.15, -0.1) is 0 Å². The molecule has 0 aromatic carbocycles. The number of hydrogen-bond donors (Lipinski definition) is 1. The molecule has 2 unspecified atom stereocenters.